The fraction of sp³-hybridized carbons (Fsp3) is 0.400. The maximum Gasteiger partial charge on any atom is 0.265 e. The summed E-state index contributed by atoms with van der Waals surface area (Å²) in [4.78, 5) is 38.7. The zero-order valence-electron chi connectivity index (χ0n) is 19.3. The third-order valence-electron chi connectivity index (χ3n) is 5.55. The summed E-state index contributed by atoms with van der Waals surface area (Å²) in [5, 5.41) is 2.76. The van der Waals surface area contributed by atoms with Crippen molar-refractivity contribution < 1.29 is 28.6 Å². The summed E-state index contributed by atoms with van der Waals surface area (Å²) in [6.07, 6.45) is 0.768. The molecular weight excluding hydrogens is 424 g/mol. The van der Waals surface area contributed by atoms with Gasteiger partial charge in [-0.2, -0.15) is 0 Å². The van der Waals surface area contributed by atoms with Crippen LogP contribution in [0.15, 0.2) is 36.4 Å². The van der Waals surface area contributed by atoms with Gasteiger partial charge in [-0.25, -0.2) is 0 Å². The van der Waals surface area contributed by atoms with Gasteiger partial charge in [-0.15, -0.1) is 0 Å². The number of nitrogens with zero attached hydrogens (tertiary/aromatic N) is 1. The lowest BCUT2D eigenvalue weighted by Gasteiger charge is -2.29. The Bertz CT molecular complexity index is 1020. The maximum atomic E-state index is 12.8. The number of methoxy groups -OCH3 is 1. The molecule has 33 heavy (non-hydrogen) atoms. The van der Waals surface area contributed by atoms with Gasteiger partial charge >= 0.3 is 0 Å². The molecule has 1 heterocycles. The monoisotopic (exact) mass is 454 g/mol. The number of carbonyl (C=O) groups excluding carboxylic acids is 3. The first kappa shape index (κ1) is 24.3. The second-order valence-corrected chi connectivity index (χ2v) is 7.87. The highest BCUT2D eigenvalue weighted by Crippen LogP contribution is 2.33. The fourth-order valence-electron chi connectivity index (χ4n) is 3.51. The van der Waals surface area contributed by atoms with Gasteiger partial charge in [0.25, 0.3) is 5.91 Å². The highest BCUT2D eigenvalue weighted by molar-refractivity contribution is 6.02. The molecule has 0 fully saturated rings. The minimum Gasteiger partial charge on any atom is -0.485 e. The number of amides is 2. The van der Waals surface area contributed by atoms with E-state index >= 15 is 0 Å². The van der Waals surface area contributed by atoms with Crippen LogP contribution in [0.25, 0.3) is 0 Å². The molecule has 0 radical (unpaired) electrons. The first-order valence-electron chi connectivity index (χ1n) is 11.0. The molecule has 2 aromatic carbocycles. The van der Waals surface area contributed by atoms with Crippen LogP contribution < -0.4 is 19.7 Å². The topological polar surface area (TPSA) is 94.2 Å². The predicted octanol–water partition coefficient (Wildman–Crippen LogP) is 2.83. The summed E-state index contributed by atoms with van der Waals surface area (Å²) in [6.45, 7) is 5.00. The number of aryl methyl sites for hydroxylation is 1. The number of fused-ring (bicyclic) bond motifs is 1. The van der Waals surface area contributed by atoms with E-state index < -0.39 is 0 Å². The molecule has 0 unspecified atom stereocenters. The average Bonchev–Trinajstić information content (AvgIpc) is 2.81. The Hall–Kier alpha value is -3.39. The second-order valence-electron chi connectivity index (χ2n) is 7.87. The zero-order chi connectivity index (χ0) is 23.8. The lowest BCUT2D eigenvalue weighted by atomic mass is 10.1. The molecule has 2 aromatic rings. The van der Waals surface area contributed by atoms with Crippen LogP contribution >= 0.6 is 0 Å². The summed E-state index contributed by atoms with van der Waals surface area (Å²) in [7, 11) is 1.57. The quantitative estimate of drug-likeness (QED) is 0.415. The highest BCUT2D eigenvalue weighted by Gasteiger charge is 2.26. The number of nitrogens with one attached hydrogen (secondary N) is 1. The van der Waals surface area contributed by atoms with Gasteiger partial charge < -0.3 is 24.4 Å². The van der Waals surface area contributed by atoms with Crippen LogP contribution in [0.2, 0.25) is 0 Å². The smallest absolute Gasteiger partial charge is 0.265 e. The van der Waals surface area contributed by atoms with Crippen LogP contribution in [0.3, 0.4) is 0 Å². The van der Waals surface area contributed by atoms with Crippen molar-refractivity contribution in [1.82, 2.24) is 5.32 Å². The van der Waals surface area contributed by atoms with E-state index in [1.54, 1.807) is 30.2 Å². The third kappa shape index (κ3) is 6.32. The molecule has 1 aliphatic rings. The summed E-state index contributed by atoms with van der Waals surface area (Å²) >= 11 is 0. The SMILES string of the molecule is COCCNC(=O)CCCN1C(=O)COc2ccc(C(=O)COc3cccc(C)c3C)cc21. The lowest BCUT2D eigenvalue weighted by Crippen LogP contribution is -2.40. The number of benzene rings is 2. The van der Waals surface area contributed by atoms with Crippen LogP contribution in [0.5, 0.6) is 11.5 Å². The van der Waals surface area contributed by atoms with Crippen molar-refractivity contribution in [3.8, 4) is 11.5 Å². The molecule has 0 aliphatic carbocycles. The third-order valence-corrected chi connectivity index (χ3v) is 5.55. The number of hydrogen-bond donors (Lipinski definition) is 1. The van der Waals surface area contributed by atoms with E-state index in [0.717, 1.165) is 11.1 Å². The van der Waals surface area contributed by atoms with Crippen LogP contribution in [-0.2, 0) is 14.3 Å². The summed E-state index contributed by atoms with van der Waals surface area (Å²) < 4.78 is 16.2. The van der Waals surface area contributed by atoms with E-state index in [4.69, 9.17) is 14.2 Å². The van der Waals surface area contributed by atoms with E-state index in [1.807, 2.05) is 32.0 Å². The Labute approximate surface area is 193 Å². The summed E-state index contributed by atoms with van der Waals surface area (Å²) in [5.74, 6) is 0.699. The number of ether oxygens (including phenoxy) is 3. The van der Waals surface area contributed by atoms with E-state index in [2.05, 4.69) is 5.32 Å². The van der Waals surface area contributed by atoms with Gasteiger partial charge in [0, 0.05) is 32.2 Å². The Balaban J connectivity index is 1.64. The minimum absolute atomic E-state index is 0.0733. The van der Waals surface area contributed by atoms with Crippen LogP contribution in [0.4, 0.5) is 5.69 Å². The van der Waals surface area contributed by atoms with Gasteiger partial charge in [-0.3, -0.25) is 14.4 Å². The molecule has 176 valence electrons. The largest absolute Gasteiger partial charge is 0.485 e. The van der Waals surface area contributed by atoms with Crippen molar-refractivity contribution >= 4 is 23.3 Å². The first-order valence-corrected chi connectivity index (χ1v) is 11.0. The number of carbonyl (C=O) groups is 3. The van der Waals surface area contributed by atoms with Gasteiger partial charge in [0.15, 0.2) is 19.0 Å². The van der Waals surface area contributed by atoms with Crippen molar-refractivity contribution in [2.75, 3.05) is 44.9 Å². The van der Waals surface area contributed by atoms with Gasteiger partial charge in [0.05, 0.1) is 12.3 Å². The molecule has 0 saturated carbocycles. The van der Waals surface area contributed by atoms with Crippen LogP contribution in [0, 0.1) is 13.8 Å². The van der Waals surface area contributed by atoms with E-state index in [9.17, 15) is 14.4 Å². The van der Waals surface area contributed by atoms with E-state index in [0.29, 0.717) is 48.9 Å². The first-order chi connectivity index (χ1) is 15.9. The molecule has 1 N–H and O–H groups in total. The second kappa shape index (κ2) is 11.5. The highest BCUT2D eigenvalue weighted by atomic mass is 16.5. The van der Waals surface area contributed by atoms with Crippen molar-refractivity contribution in [2.24, 2.45) is 0 Å². The Kier molecular flexibility index (Phi) is 8.43. The number of rotatable bonds is 11. The van der Waals surface area contributed by atoms with Crippen LogP contribution in [0.1, 0.15) is 34.3 Å². The van der Waals surface area contributed by atoms with Crippen molar-refractivity contribution in [3.63, 3.8) is 0 Å². The van der Waals surface area contributed by atoms with E-state index in [1.165, 1.54) is 0 Å². The number of hydrogen-bond acceptors (Lipinski definition) is 6. The van der Waals surface area contributed by atoms with Gasteiger partial charge in [0.1, 0.15) is 11.5 Å². The lowest BCUT2D eigenvalue weighted by molar-refractivity contribution is -0.123. The Morgan fingerprint density at radius 2 is 2.00 bits per heavy atom. The molecule has 0 aromatic heterocycles. The van der Waals surface area contributed by atoms with E-state index in [-0.39, 0.29) is 37.2 Å². The van der Waals surface area contributed by atoms with Crippen LogP contribution in [-0.4, -0.2) is 57.6 Å². The van der Waals surface area contributed by atoms with Gasteiger partial charge in [0.2, 0.25) is 5.91 Å². The van der Waals surface area contributed by atoms with Crippen molar-refractivity contribution in [3.05, 3.63) is 53.1 Å². The Morgan fingerprint density at radius 3 is 2.79 bits per heavy atom. The predicted molar refractivity (Wildman–Crippen MR) is 124 cm³/mol. The number of ketones is 1. The molecule has 0 bridgehead atoms. The molecule has 0 spiro atoms. The minimum atomic E-state index is -0.210. The molecule has 8 heteroatoms. The van der Waals surface area contributed by atoms with Crippen molar-refractivity contribution in [2.45, 2.75) is 26.7 Å². The zero-order valence-corrected chi connectivity index (χ0v) is 19.3. The normalized spacial score (nSPS) is 12.7. The number of anilines is 1. The van der Waals surface area contributed by atoms with Gasteiger partial charge in [-0.1, -0.05) is 12.1 Å². The molecule has 0 atom stereocenters. The fourth-order valence-corrected chi connectivity index (χ4v) is 3.51. The molecule has 1 aliphatic heterocycles. The molecule has 0 saturated heterocycles. The standard InChI is InChI=1S/C25H30N2O6/c1-17-6-4-7-22(18(17)2)32-15-21(28)19-9-10-23-20(14-19)27(25(30)16-33-23)12-5-8-24(29)26-11-13-31-3/h4,6-7,9-10,14H,5,8,11-13,15-16H2,1-3H3,(H,26,29). The molecular formula is C25H30N2O6. The van der Waals surface area contributed by atoms with Crippen molar-refractivity contribution in [1.29, 1.82) is 0 Å². The average molecular weight is 455 g/mol. The maximum absolute atomic E-state index is 12.8. The molecule has 8 nitrogen and oxygen atoms in total. The number of Topliss-reactive ketones (excluding diaryl/α,β-unsaturated/α-hetero) is 1. The Morgan fingerprint density at radius 1 is 1.18 bits per heavy atom. The van der Waals surface area contributed by atoms with Gasteiger partial charge in [-0.05, 0) is 55.7 Å². The summed E-state index contributed by atoms with van der Waals surface area (Å²) in [5.41, 5.74) is 3.04. The molecule has 3 rings (SSSR count). The summed E-state index contributed by atoms with van der Waals surface area (Å²) in [6, 6.07) is 10.7. The molecule has 2 amide bonds.